The largest absolute Gasteiger partial charge is 0.392 e. The zero-order valence-electron chi connectivity index (χ0n) is 7.89. The molecule has 0 aromatic rings. The fourth-order valence-electron chi connectivity index (χ4n) is 1.88. The van der Waals surface area contributed by atoms with E-state index in [1.807, 2.05) is 0 Å². The van der Waals surface area contributed by atoms with Crippen LogP contribution >= 0.6 is 0 Å². The van der Waals surface area contributed by atoms with Gasteiger partial charge in [0.15, 0.2) is 0 Å². The molecule has 0 fully saturated rings. The molecule has 0 aromatic heterocycles. The molecule has 0 aromatic carbocycles. The first-order chi connectivity index (χ1) is 5.00. The van der Waals surface area contributed by atoms with Crippen molar-refractivity contribution in [2.75, 3.05) is 6.61 Å². The van der Waals surface area contributed by atoms with E-state index < -0.39 is 0 Å². The molecule has 0 saturated carbocycles. The summed E-state index contributed by atoms with van der Waals surface area (Å²) in [6, 6.07) is 0. The summed E-state index contributed by atoms with van der Waals surface area (Å²) >= 11 is 0. The summed E-state index contributed by atoms with van der Waals surface area (Å²) in [7, 11) is 0. The predicted molar refractivity (Wildman–Crippen MR) is 47.3 cm³/mol. The van der Waals surface area contributed by atoms with Crippen molar-refractivity contribution < 1.29 is 5.11 Å². The Labute approximate surface area is 69.1 Å². The Morgan fingerprint density at radius 3 is 2.18 bits per heavy atom. The summed E-state index contributed by atoms with van der Waals surface area (Å²) in [6.07, 6.45) is 2.21. The van der Waals surface area contributed by atoms with Crippen LogP contribution in [0.4, 0.5) is 0 Å². The van der Waals surface area contributed by atoms with Crippen LogP contribution in [0.15, 0.2) is 11.6 Å². The van der Waals surface area contributed by atoms with Crippen LogP contribution in [-0.2, 0) is 0 Å². The maximum atomic E-state index is 9.07. The van der Waals surface area contributed by atoms with Crippen molar-refractivity contribution in [3.8, 4) is 0 Å². The lowest BCUT2D eigenvalue weighted by Gasteiger charge is -2.29. The molecule has 1 rings (SSSR count). The van der Waals surface area contributed by atoms with Crippen molar-refractivity contribution in [2.24, 2.45) is 17.3 Å². The molecule has 0 saturated heterocycles. The number of aliphatic hydroxyl groups is 1. The average molecular weight is 154 g/mol. The van der Waals surface area contributed by atoms with Crippen molar-refractivity contribution in [3.63, 3.8) is 0 Å². The van der Waals surface area contributed by atoms with Crippen LogP contribution in [0, 0.1) is 17.3 Å². The molecule has 1 unspecified atom stereocenters. The molecule has 0 heterocycles. The summed E-state index contributed by atoms with van der Waals surface area (Å²) in [4.78, 5) is 0. The van der Waals surface area contributed by atoms with E-state index >= 15 is 0 Å². The lowest BCUT2D eigenvalue weighted by molar-refractivity contribution is 0.231. The Morgan fingerprint density at radius 2 is 2.00 bits per heavy atom. The third kappa shape index (κ3) is 1.22. The van der Waals surface area contributed by atoms with Crippen LogP contribution in [0.5, 0.6) is 0 Å². The summed E-state index contributed by atoms with van der Waals surface area (Å²) in [6.45, 7) is 9.12. The minimum Gasteiger partial charge on any atom is -0.392 e. The third-order valence-electron chi connectivity index (χ3n) is 3.39. The van der Waals surface area contributed by atoms with Gasteiger partial charge in [-0.2, -0.15) is 0 Å². The molecule has 1 heteroatoms. The van der Waals surface area contributed by atoms with Crippen molar-refractivity contribution in [1.29, 1.82) is 0 Å². The molecule has 0 spiro atoms. The minimum absolute atomic E-state index is 0.203. The molecule has 11 heavy (non-hydrogen) atoms. The number of hydrogen-bond acceptors (Lipinski definition) is 1. The Morgan fingerprint density at radius 1 is 1.45 bits per heavy atom. The molecule has 64 valence electrons. The summed E-state index contributed by atoms with van der Waals surface area (Å²) < 4.78 is 0. The Bertz CT molecular complexity index is 179. The van der Waals surface area contributed by atoms with Gasteiger partial charge in [0.25, 0.3) is 0 Å². The Balaban J connectivity index is 2.88. The van der Waals surface area contributed by atoms with Gasteiger partial charge in [-0.3, -0.25) is 0 Å². The van der Waals surface area contributed by atoms with Gasteiger partial charge in [0.05, 0.1) is 6.61 Å². The van der Waals surface area contributed by atoms with Crippen LogP contribution in [0.2, 0.25) is 0 Å². The van der Waals surface area contributed by atoms with E-state index in [4.69, 9.17) is 5.11 Å². The van der Waals surface area contributed by atoms with Gasteiger partial charge >= 0.3 is 0 Å². The summed E-state index contributed by atoms with van der Waals surface area (Å²) in [5, 5.41) is 9.07. The van der Waals surface area contributed by atoms with E-state index in [1.54, 1.807) is 0 Å². The second kappa shape index (κ2) is 2.63. The van der Waals surface area contributed by atoms with E-state index in [9.17, 15) is 0 Å². The van der Waals surface area contributed by atoms with Crippen LogP contribution in [0.1, 0.15) is 27.7 Å². The highest BCUT2D eigenvalue weighted by Crippen LogP contribution is 2.45. The quantitative estimate of drug-likeness (QED) is 0.574. The first-order valence-corrected chi connectivity index (χ1v) is 4.32. The molecule has 0 aliphatic heterocycles. The average Bonchev–Trinajstić information content (AvgIpc) is 2.13. The van der Waals surface area contributed by atoms with Crippen molar-refractivity contribution >= 4 is 0 Å². The van der Waals surface area contributed by atoms with Gasteiger partial charge in [-0.25, -0.2) is 0 Å². The van der Waals surface area contributed by atoms with Gasteiger partial charge in [0.1, 0.15) is 0 Å². The molecule has 0 bridgehead atoms. The normalized spacial score (nSPS) is 35.5. The van der Waals surface area contributed by atoms with E-state index in [0.717, 1.165) is 0 Å². The van der Waals surface area contributed by atoms with Crippen LogP contribution in [0.25, 0.3) is 0 Å². The number of rotatable bonds is 1. The highest BCUT2D eigenvalue weighted by molar-refractivity contribution is 5.22. The van der Waals surface area contributed by atoms with E-state index in [-0.39, 0.29) is 12.0 Å². The van der Waals surface area contributed by atoms with Crippen LogP contribution in [0.3, 0.4) is 0 Å². The number of hydrogen-bond donors (Lipinski definition) is 1. The smallest absolute Gasteiger partial charge is 0.0647 e. The summed E-state index contributed by atoms with van der Waals surface area (Å²) in [5.74, 6) is 1.27. The van der Waals surface area contributed by atoms with Crippen molar-refractivity contribution in [3.05, 3.63) is 11.6 Å². The maximum Gasteiger partial charge on any atom is 0.0647 e. The van der Waals surface area contributed by atoms with Gasteiger partial charge in [-0.1, -0.05) is 33.8 Å². The molecular weight excluding hydrogens is 136 g/mol. The number of allylic oxidation sites excluding steroid dienone is 1. The summed E-state index contributed by atoms with van der Waals surface area (Å²) in [5.41, 5.74) is 1.41. The molecule has 0 radical (unpaired) electrons. The zero-order valence-corrected chi connectivity index (χ0v) is 7.89. The lowest BCUT2D eigenvalue weighted by Crippen LogP contribution is -2.23. The molecule has 1 aliphatic carbocycles. The molecule has 1 nitrogen and oxygen atoms in total. The maximum absolute atomic E-state index is 9.07. The van der Waals surface area contributed by atoms with Crippen LogP contribution in [-0.4, -0.2) is 11.7 Å². The fourth-order valence-corrected chi connectivity index (χ4v) is 1.88. The van der Waals surface area contributed by atoms with Crippen LogP contribution < -0.4 is 0 Å². The SMILES string of the molecule is CC1C=C(CO)C(C)(C)[C@H]1C. The molecule has 1 aliphatic rings. The monoisotopic (exact) mass is 154 g/mol. The highest BCUT2D eigenvalue weighted by Gasteiger charge is 2.37. The third-order valence-corrected chi connectivity index (χ3v) is 3.39. The second-order valence-electron chi connectivity index (χ2n) is 4.22. The standard InChI is InChI=1S/C10H18O/c1-7-5-9(6-11)10(3,4)8(7)2/h5,7-8,11H,6H2,1-4H3/t7?,8-/m0/s1. The van der Waals surface area contributed by atoms with E-state index in [2.05, 4.69) is 33.8 Å². The zero-order chi connectivity index (χ0) is 8.65. The van der Waals surface area contributed by atoms with Crippen molar-refractivity contribution in [1.82, 2.24) is 0 Å². The van der Waals surface area contributed by atoms with Gasteiger partial charge in [0.2, 0.25) is 0 Å². The van der Waals surface area contributed by atoms with Gasteiger partial charge in [-0.15, -0.1) is 0 Å². The Hall–Kier alpha value is -0.300. The van der Waals surface area contributed by atoms with Gasteiger partial charge in [0, 0.05) is 0 Å². The van der Waals surface area contributed by atoms with Crippen molar-refractivity contribution in [2.45, 2.75) is 27.7 Å². The van der Waals surface area contributed by atoms with Gasteiger partial charge < -0.3 is 5.11 Å². The lowest BCUT2D eigenvalue weighted by atomic mass is 9.76. The molecule has 1 N–H and O–H groups in total. The number of aliphatic hydroxyl groups excluding tert-OH is 1. The highest BCUT2D eigenvalue weighted by atomic mass is 16.3. The first-order valence-electron chi connectivity index (χ1n) is 4.32. The molecule has 2 atom stereocenters. The molecular formula is C10H18O. The topological polar surface area (TPSA) is 20.2 Å². The van der Waals surface area contributed by atoms with E-state index in [1.165, 1.54) is 5.57 Å². The van der Waals surface area contributed by atoms with Gasteiger partial charge in [-0.05, 0) is 22.8 Å². The fraction of sp³-hybridized carbons (Fsp3) is 0.800. The minimum atomic E-state index is 0.203. The molecule has 0 amide bonds. The Kier molecular flexibility index (Phi) is 2.10. The predicted octanol–water partition coefficient (Wildman–Crippen LogP) is 2.22. The van der Waals surface area contributed by atoms with E-state index in [0.29, 0.717) is 11.8 Å². The first kappa shape index (κ1) is 8.79. The second-order valence-corrected chi connectivity index (χ2v) is 4.22.